The van der Waals surface area contributed by atoms with Crippen molar-refractivity contribution >= 4 is 16.0 Å². The second kappa shape index (κ2) is 7.43. The van der Waals surface area contributed by atoms with E-state index in [-0.39, 0.29) is 37.4 Å². The molecule has 0 saturated carbocycles. The fraction of sp³-hybridized carbons (Fsp3) is 0.278. The van der Waals surface area contributed by atoms with Gasteiger partial charge in [0.2, 0.25) is 10.0 Å². The third-order valence-corrected chi connectivity index (χ3v) is 6.10. The van der Waals surface area contributed by atoms with Crippen LogP contribution in [0.15, 0.2) is 42.5 Å². The highest BCUT2D eigenvalue weighted by molar-refractivity contribution is 7.89. The summed E-state index contributed by atoms with van der Waals surface area (Å²) in [4.78, 5) is 11.4. The summed E-state index contributed by atoms with van der Waals surface area (Å²) in [5, 5.41) is 9.34. The minimum atomic E-state index is -3.71. The van der Waals surface area contributed by atoms with Gasteiger partial charge in [-0.2, -0.15) is 4.31 Å². The van der Waals surface area contributed by atoms with Crippen LogP contribution in [0.2, 0.25) is 0 Å². The number of aryl methyl sites for hydroxylation is 1. The van der Waals surface area contributed by atoms with Crippen molar-refractivity contribution in [1.29, 1.82) is 0 Å². The van der Waals surface area contributed by atoms with Gasteiger partial charge in [0.05, 0.1) is 11.3 Å². The molecule has 0 unspecified atom stereocenters. The number of hydrogen-bond donors (Lipinski definition) is 1. The maximum atomic E-state index is 13.7. The molecule has 1 aliphatic heterocycles. The number of rotatable bonds is 5. The van der Waals surface area contributed by atoms with Gasteiger partial charge in [0.15, 0.2) is 0 Å². The number of carbonyl (C=O) groups is 1. The molecular weight excluding hydrogens is 361 g/mol. The Labute approximate surface area is 150 Å². The number of nitrogens with zero attached hydrogens (tertiary/aromatic N) is 1. The van der Waals surface area contributed by atoms with Crippen molar-refractivity contribution in [3.63, 3.8) is 0 Å². The third kappa shape index (κ3) is 3.86. The van der Waals surface area contributed by atoms with Crippen LogP contribution in [0, 0.1) is 5.82 Å². The van der Waals surface area contributed by atoms with Gasteiger partial charge in [-0.15, -0.1) is 0 Å². The molecular formula is C18H18FNO5S. The molecule has 8 heteroatoms. The van der Waals surface area contributed by atoms with Gasteiger partial charge in [-0.25, -0.2) is 17.6 Å². The first kappa shape index (κ1) is 18.3. The Morgan fingerprint density at radius 2 is 1.96 bits per heavy atom. The zero-order chi connectivity index (χ0) is 18.7. The molecule has 1 N–H and O–H groups in total. The van der Waals surface area contributed by atoms with Gasteiger partial charge >= 0.3 is 5.97 Å². The van der Waals surface area contributed by atoms with Crippen molar-refractivity contribution < 1.29 is 27.4 Å². The van der Waals surface area contributed by atoms with Crippen molar-refractivity contribution in [3.05, 3.63) is 65.0 Å². The Morgan fingerprint density at radius 1 is 1.19 bits per heavy atom. The summed E-state index contributed by atoms with van der Waals surface area (Å²) in [6.07, 6.45) is 0.0415. The Bertz CT molecular complexity index is 929. The first-order valence-corrected chi connectivity index (χ1v) is 9.68. The number of carboxylic acid groups (broad SMARTS) is 1. The molecule has 2 aromatic carbocycles. The van der Waals surface area contributed by atoms with E-state index in [4.69, 9.17) is 4.74 Å². The quantitative estimate of drug-likeness (QED) is 0.862. The van der Waals surface area contributed by atoms with E-state index in [0.29, 0.717) is 16.9 Å². The van der Waals surface area contributed by atoms with E-state index in [1.54, 1.807) is 30.3 Å². The summed E-state index contributed by atoms with van der Waals surface area (Å²) < 4.78 is 45.9. The van der Waals surface area contributed by atoms with Crippen LogP contribution in [-0.2, 0) is 23.0 Å². The number of fused-ring (bicyclic) bond motifs is 1. The Hall–Kier alpha value is -2.45. The van der Waals surface area contributed by atoms with Crippen molar-refractivity contribution in [2.45, 2.75) is 13.0 Å². The van der Waals surface area contributed by atoms with Crippen LogP contribution in [0.5, 0.6) is 5.75 Å². The van der Waals surface area contributed by atoms with Gasteiger partial charge in [0.25, 0.3) is 0 Å². The summed E-state index contributed by atoms with van der Waals surface area (Å²) in [5.74, 6) is -1.48. The second-order valence-corrected chi connectivity index (χ2v) is 8.02. The van der Waals surface area contributed by atoms with Crippen LogP contribution in [-0.4, -0.2) is 42.7 Å². The van der Waals surface area contributed by atoms with Crippen LogP contribution in [0.4, 0.5) is 4.39 Å². The molecule has 0 fully saturated rings. The first-order chi connectivity index (χ1) is 12.4. The lowest BCUT2D eigenvalue weighted by molar-refractivity contribution is 0.0694. The second-order valence-electron chi connectivity index (χ2n) is 5.93. The predicted molar refractivity (Wildman–Crippen MR) is 93.2 cm³/mol. The molecule has 0 amide bonds. The van der Waals surface area contributed by atoms with E-state index in [1.165, 1.54) is 16.4 Å². The van der Waals surface area contributed by atoms with E-state index in [2.05, 4.69) is 0 Å². The molecule has 0 aromatic heterocycles. The van der Waals surface area contributed by atoms with E-state index in [9.17, 15) is 22.7 Å². The molecule has 26 heavy (non-hydrogen) atoms. The monoisotopic (exact) mass is 379 g/mol. The molecule has 138 valence electrons. The summed E-state index contributed by atoms with van der Waals surface area (Å²) in [5.41, 5.74) is 0.666. The smallest absolute Gasteiger partial charge is 0.336 e. The zero-order valence-electron chi connectivity index (χ0n) is 13.9. The first-order valence-electron chi connectivity index (χ1n) is 8.08. The summed E-state index contributed by atoms with van der Waals surface area (Å²) in [6, 6.07) is 10.6. The minimum absolute atomic E-state index is 0.0127. The SMILES string of the molecule is O=C(O)c1cccc2c1CN(S(=O)(=O)CCc1ccccc1F)CCO2. The molecule has 0 aliphatic carbocycles. The maximum absolute atomic E-state index is 13.7. The largest absolute Gasteiger partial charge is 0.492 e. The molecule has 0 spiro atoms. The number of ether oxygens (including phenoxy) is 1. The molecule has 0 atom stereocenters. The van der Waals surface area contributed by atoms with E-state index in [1.807, 2.05) is 0 Å². The fourth-order valence-corrected chi connectivity index (χ4v) is 4.30. The van der Waals surface area contributed by atoms with Gasteiger partial charge in [0, 0.05) is 18.7 Å². The average molecular weight is 379 g/mol. The number of benzene rings is 2. The van der Waals surface area contributed by atoms with E-state index in [0.717, 1.165) is 0 Å². The maximum Gasteiger partial charge on any atom is 0.336 e. The third-order valence-electron chi connectivity index (χ3n) is 4.28. The highest BCUT2D eigenvalue weighted by Gasteiger charge is 2.28. The van der Waals surface area contributed by atoms with E-state index >= 15 is 0 Å². The number of hydrogen-bond acceptors (Lipinski definition) is 4. The van der Waals surface area contributed by atoms with Crippen molar-refractivity contribution in [2.24, 2.45) is 0 Å². The van der Waals surface area contributed by atoms with Crippen molar-refractivity contribution in [2.75, 3.05) is 18.9 Å². The van der Waals surface area contributed by atoms with Crippen molar-refractivity contribution in [1.82, 2.24) is 4.31 Å². The lowest BCUT2D eigenvalue weighted by Crippen LogP contribution is -2.35. The average Bonchev–Trinajstić information content (AvgIpc) is 2.83. The lowest BCUT2D eigenvalue weighted by atomic mass is 10.1. The number of sulfonamides is 1. The standard InChI is InChI=1S/C18H18FNO5S/c19-16-6-2-1-4-13(16)8-11-26(23,24)20-9-10-25-17-7-3-5-14(18(21)22)15(17)12-20/h1-7H,8-12H2,(H,21,22). The predicted octanol–water partition coefficient (Wildman–Crippen LogP) is 2.29. The molecule has 6 nitrogen and oxygen atoms in total. The fourth-order valence-electron chi connectivity index (χ4n) is 2.88. The molecule has 2 aromatic rings. The van der Waals surface area contributed by atoms with Crippen LogP contribution < -0.4 is 4.74 Å². The molecule has 1 aliphatic rings. The summed E-state index contributed by atoms with van der Waals surface area (Å²) in [6.45, 7) is 0.139. The normalized spacial score (nSPS) is 15.0. The minimum Gasteiger partial charge on any atom is -0.492 e. The van der Waals surface area contributed by atoms with Gasteiger partial charge in [-0.1, -0.05) is 24.3 Å². The van der Waals surface area contributed by atoms with Gasteiger partial charge in [-0.05, 0) is 30.2 Å². The molecule has 0 saturated heterocycles. The van der Waals surface area contributed by atoms with Crippen molar-refractivity contribution in [3.8, 4) is 5.75 Å². The number of halogens is 1. The van der Waals surface area contributed by atoms with E-state index < -0.39 is 21.8 Å². The molecule has 0 radical (unpaired) electrons. The number of aromatic carboxylic acids is 1. The Kier molecular flexibility index (Phi) is 5.24. The highest BCUT2D eigenvalue weighted by Crippen LogP contribution is 2.28. The zero-order valence-corrected chi connectivity index (χ0v) is 14.7. The topological polar surface area (TPSA) is 83.9 Å². The lowest BCUT2D eigenvalue weighted by Gasteiger charge is -2.20. The Balaban J connectivity index is 1.82. The van der Waals surface area contributed by atoms with Gasteiger partial charge in [0.1, 0.15) is 18.2 Å². The van der Waals surface area contributed by atoms with Crippen LogP contribution in [0.3, 0.4) is 0 Å². The Morgan fingerprint density at radius 3 is 2.69 bits per heavy atom. The van der Waals surface area contributed by atoms with Crippen LogP contribution >= 0.6 is 0 Å². The molecule has 3 rings (SSSR count). The van der Waals surface area contributed by atoms with Gasteiger partial charge < -0.3 is 9.84 Å². The van der Waals surface area contributed by atoms with Crippen LogP contribution in [0.1, 0.15) is 21.5 Å². The summed E-state index contributed by atoms with van der Waals surface area (Å²) >= 11 is 0. The number of carboxylic acids is 1. The molecule has 0 bridgehead atoms. The van der Waals surface area contributed by atoms with Crippen LogP contribution in [0.25, 0.3) is 0 Å². The van der Waals surface area contributed by atoms with Gasteiger partial charge in [-0.3, -0.25) is 0 Å². The highest BCUT2D eigenvalue weighted by atomic mass is 32.2. The summed E-state index contributed by atoms with van der Waals surface area (Å²) in [7, 11) is -3.71. The molecule has 1 heterocycles.